The van der Waals surface area contributed by atoms with Crippen LogP contribution in [0, 0.1) is 0 Å². The summed E-state index contributed by atoms with van der Waals surface area (Å²) in [6.45, 7) is 1.67. The standard InChI is InChI=1S/C18H22O8S.Na/c1-12-6-5-9-14(19)8-4-2-3-7-13-10-15(26-27(22,23)24)11-16(20)17(13)18(21)25-12;/h3,7,10-12,20H,2,4-6,8-9H2,1H3,(H,22,23,24);/q;+1/p-1/b7-3+;/t12-;/m0./s1. The summed E-state index contributed by atoms with van der Waals surface area (Å²) in [5, 5.41) is 12.3. The molecule has 1 aromatic carbocycles. The molecule has 8 nitrogen and oxygen atoms in total. The van der Waals surface area contributed by atoms with Crippen LogP contribution in [0.5, 0.6) is 11.5 Å². The number of ether oxygens (including phenoxy) is 1. The Morgan fingerprint density at radius 1 is 1.21 bits per heavy atom. The molecule has 28 heavy (non-hydrogen) atoms. The average molecular weight is 420 g/mol. The van der Waals surface area contributed by atoms with Gasteiger partial charge in [-0.2, -0.15) is 8.42 Å². The van der Waals surface area contributed by atoms with Crippen molar-refractivity contribution in [3.05, 3.63) is 29.3 Å². The third kappa shape index (κ3) is 7.92. The van der Waals surface area contributed by atoms with Crippen LogP contribution in [0.4, 0.5) is 0 Å². The Balaban J connectivity index is 0.00000392. The van der Waals surface area contributed by atoms with E-state index in [0.29, 0.717) is 38.5 Å². The van der Waals surface area contributed by atoms with E-state index in [2.05, 4.69) is 4.18 Å². The number of benzene rings is 1. The maximum absolute atomic E-state index is 12.4. The number of hydrogen-bond acceptors (Lipinski definition) is 7. The second-order valence-electron chi connectivity index (χ2n) is 6.34. The van der Waals surface area contributed by atoms with Crippen LogP contribution in [0.1, 0.15) is 61.4 Å². The van der Waals surface area contributed by atoms with Gasteiger partial charge in [0.1, 0.15) is 11.5 Å². The minimum atomic E-state index is -4.81. The molecule has 1 aliphatic heterocycles. The van der Waals surface area contributed by atoms with Crippen LogP contribution in [0.25, 0.3) is 6.08 Å². The third-order valence-corrected chi connectivity index (χ3v) is 4.41. The molecule has 0 saturated carbocycles. The van der Waals surface area contributed by atoms with E-state index >= 15 is 0 Å². The normalized spacial score (nSPS) is 20.1. The number of carbonyl (C=O) groups is 2. The molecule has 10 heteroatoms. The largest absolute Gasteiger partial charge is 1.00 e. The van der Waals surface area contributed by atoms with Gasteiger partial charge in [-0.1, -0.05) is 17.9 Å². The summed E-state index contributed by atoms with van der Waals surface area (Å²) < 4.78 is 40.2. The molecule has 1 aromatic rings. The zero-order valence-corrected chi connectivity index (χ0v) is 18.7. The summed E-state index contributed by atoms with van der Waals surface area (Å²) in [4.78, 5) is 24.2. The first kappa shape index (κ1) is 24.6. The molecule has 0 fully saturated rings. The molecule has 1 N–H and O–H groups in total. The van der Waals surface area contributed by atoms with Crippen molar-refractivity contribution in [3.63, 3.8) is 0 Å². The molecule has 148 valence electrons. The number of hydrogen-bond donors (Lipinski definition) is 1. The molecule has 1 atom stereocenters. The van der Waals surface area contributed by atoms with Gasteiger partial charge >= 0.3 is 45.9 Å². The first-order valence-corrected chi connectivity index (χ1v) is 9.93. The Morgan fingerprint density at radius 2 is 1.89 bits per heavy atom. The fourth-order valence-corrected chi connectivity index (χ4v) is 3.11. The van der Waals surface area contributed by atoms with Crippen LogP contribution >= 0.6 is 0 Å². The number of rotatable bonds is 2. The summed E-state index contributed by atoms with van der Waals surface area (Å²) >= 11 is 0. The zero-order chi connectivity index (χ0) is 20.0. The van der Waals surface area contributed by atoms with Crippen LogP contribution in [0.15, 0.2) is 18.2 Å². The quantitative estimate of drug-likeness (QED) is 0.382. The van der Waals surface area contributed by atoms with Crippen molar-refractivity contribution in [1.29, 1.82) is 0 Å². The molecular formula is C18H21NaO8S. The number of Topliss-reactive ketones (excluding diaryl/α,β-unsaturated/α-hetero) is 1. The van der Waals surface area contributed by atoms with Crippen LogP contribution < -0.4 is 38.8 Å². The minimum Gasteiger partial charge on any atom is -0.872 e. The van der Waals surface area contributed by atoms with Crippen molar-refractivity contribution in [1.82, 2.24) is 0 Å². The number of fused-ring (bicyclic) bond motifs is 1. The van der Waals surface area contributed by atoms with Gasteiger partial charge in [0.05, 0.1) is 11.7 Å². The summed E-state index contributed by atoms with van der Waals surface area (Å²) in [6, 6.07) is 1.96. The van der Waals surface area contributed by atoms with Crippen molar-refractivity contribution in [2.24, 2.45) is 0 Å². The van der Waals surface area contributed by atoms with Crippen molar-refractivity contribution in [2.45, 2.75) is 51.6 Å². The molecule has 1 heterocycles. The molecule has 0 aliphatic carbocycles. The molecule has 0 spiro atoms. The second kappa shape index (κ2) is 11.0. The topological polar surface area (TPSA) is 130 Å². The second-order valence-corrected chi connectivity index (χ2v) is 7.36. The predicted molar refractivity (Wildman–Crippen MR) is 94.7 cm³/mol. The predicted octanol–water partition coefficient (Wildman–Crippen LogP) is -0.572. The van der Waals surface area contributed by atoms with Crippen LogP contribution in [0.2, 0.25) is 0 Å². The monoisotopic (exact) mass is 420 g/mol. The Bertz CT molecular complexity index is 847. The summed E-state index contributed by atoms with van der Waals surface area (Å²) in [5.41, 5.74) is -0.129. The van der Waals surface area contributed by atoms with Gasteiger partial charge in [-0.15, -0.1) is 0 Å². The van der Waals surface area contributed by atoms with E-state index in [1.165, 1.54) is 6.08 Å². The number of esters is 1. The third-order valence-electron chi connectivity index (χ3n) is 4.01. The van der Waals surface area contributed by atoms with Gasteiger partial charge in [-0.25, -0.2) is 4.79 Å². The Hall–Kier alpha value is -1.39. The zero-order valence-electron chi connectivity index (χ0n) is 15.8. The number of allylic oxidation sites excluding steroid dienone is 1. The maximum atomic E-state index is 12.4. The van der Waals surface area contributed by atoms with E-state index in [1.807, 2.05) is 0 Å². The van der Waals surface area contributed by atoms with E-state index in [0.717, 1.165) is 12.1 Å². The van der Waals surface area contributed by atoms with E-state index in [1.54, 1.807) is 13.0 Å². The molecule has 0 saturated heterocycles. The molecule has 1 aliphatic rings. The maximum Gasteiger partial charge on any atom is 1.00 e. The van der Waals surface area contributed by atoms with Crippen molar-refractivity contribution in [3.8, 4) is 11.5 Å². The Kier molecular flexibility index (Phi) is 9.65. The summed E-state index contributed by atoms with van der Waals surface area (Å²) in [6.07, 6.45) is 5.74. The van der Waals surface area contributed by atoms with E-state index in [9.17, 15) is 23.1 Å². The molecule has 0 unspecified atom stereocenters. The van der Waals surface area contributed by atoms with Gasteiger partial charge in [0.15, 0.2) is 0 Å². The molecule has 0 aromatic heterocycles. The fourth-order valence-electron chi connectivity index (χ4n) is 2.77. The van der Waals surface area contributed by atoms with Gasteiger partial charge in [-0.05, 0) is 50.3 Å². The number of ketones is 1. The smallest absolute Gasteiger partial charge is 0.872 e. The van der Waals surface area contributed by atoms with Gasteiger partial charge in [0.2, 0.25) is 0 Å². The number of carbonyl (C=O) groups excluding carboxylic acids is 2. The van der Waals surface area contributed by atoms with E-state index in [4.69, 9.17) is 9.29 Å². The SMILES string of the molecule is C[C@H]1CCCC(=O)CCC/C=C/c2cc(OS(=O)(=O)O)cc([O-])c2C(=O)O1.[Na+]. The van der Waals surface area contributed by atoms with E-state index in [-0.39, 0.29) is 46.5 Å². The van der Waals surface area contributed by atoms with Crippen molar-refractivity contribution in [2.75, 3.05) is 0 Å². The van der Waals surface area contributed by atoms with Gasteiger partial charge in [0.25, 0.3) is 0 Å². The summed E-state index contributed by atoms with van der Waals surface area (Å²) in [7, 11) is -4.81. The van der Waals surface area contributed by atoms with Gasteiger partial charge in [0, 0.05) is 12.8 Å². The van der Waals surface area contributed by atoms with Gasteiger partial charge < -0.3 is 14.0 Å². The number of cyclic esters (lactones) is 1. The molecular weight excluding hydrogens is 399 g/mol. The van der Waals surface area contributed by atoms with Crippen molar-refractivity contribution < 1.29 is 66.1 Å². The molecule has 0 radical (unpaired) electrons. The van der Waals surface area contributed by atoms with Crippen LogP contribution in [-0.2, 0) is 19.9 Å². The van der Waals surface area contributed by atoms with Crippen LogP contribution in [-0.4, -0.2) is 30.8 Å². The molecule has 0 bridgehead atoms. The Morgan fingerprint density at radius 3 is 2.57 bits per heavy atom. The Labute approximate surface area is 186 Å². The first-order chi connectivity index (χ1) is 12.7. The molecule has 0 amide bonds. The first-order valence-electron chi connectivity index (χ1n) is 8.57. The van der Waals surface area contributed by atoms with Gasteiger partial charge in [-0.3, -0.25) is 9.35 Å². The average Bonchev–Trinajstić information content (AvgIpc) is 2.51. The van der Waals surface area contributed by atoms with Crippen LogP contribution in [0.3, 0.4) is 0 Å². The summed E-state index contributed by atoms with van der Waals surface area (Å²) in [5.74, 6) is -1.89. The van der Waals surface area contributed by atoms with E-state index < -0.39 is 34.0 Å². The fraction of sp³-hybridized carbons (Fsp3) is 0.444. The molecule has 2 rings (SSSR count). The minimum absolute atomic E-state index is 0. The van der Waals surface area contributed by atoms with Crippen molar-refractivity contribution >= 4 is 28.2 Å².